The lowest BCUT2D eigenvalue weighted by Gasteiger charge is -2.18. The predicted octanol–water partition coefficient (Wildman–Crippen LogP) is 3.26. The van der Waals surface area contributed by atoms with E-state index in [4.69, 9.17) is 18.9 Å². The first-order chi connectivity index (χ1) is 17.0. The van der Waals surface area contributed by atoms with Crippen molar-refractivity contribution >= 4 is 34.9 Å². The van der Waals surface area contributed by atoms with E-state index >= 15 is 0 Å². The van der Waals surface area contributed by atoms with Crippen molar-refractivity contribution in [1.82, 2.24) is 10.2 Å². The number of fused-ring (bicyclic) bond motifs is 1. The van der Waals surface area contributed by atoms with Crippen molar-refractivity contribution in [3.63, 3.8) is 0 Å². The van der Waals surface area contributed by atoms with Crippen LogP contribution in [0.2, 0.25) is 0 Å². The van der Waals surface area contributed by atoms with E-state index in [2.05, 4.69) is 5.32 Å². The van der Waals surface area contributed by atoms with Crippen LogP contribution in [0.4, 0.5) is 4.79 Å². The van der Waals surface area contributed by atoms with E-state index in [0.29, 0.717) is 53.3 Å². The Morgan fingerprint density at radius 3 is 2.69 bits per heavy atom. The van der Waals surface area contributed by atoms with Crippen LogP contribution in [0.25, 0.3) is 6.08 Å². The Bertz CT molecular complexity index is 1160. The molecule has 9 nitrogen and oxygen atoms in total. The Morgan fingerprint density at radius 2 is 1.91 bits per heavy atom. The van der Waals surface area contributed by atoms with Gasteiger partial charge in [-0.3, -0.25) is 19.3 Å². The molecule has 2 aromatic carbocycles. The molecule has 2 heterocycles. The van der Waals surface area contributed by atoms with Gasteiger partial charge in [-0.1, -0.05) is 12.1 Å². The number of amides is 3. The highest BCUT2D eigenvalue weighted by atomic mass is 32.2. The number of imide groups is 1. The van der Waals surface area contributed by atoms with Crippen molar-refractivity contribution in [3.8, 4) is 23.0 Å². The van der Waals surface area contributed by atoms with E-state index in [-0.39, 0.29) is 30.7 Å². The number of rotatable bonds is 9. The maximum atomic E-state index is 12.8. The Morgan fingerprint density at radius 1 is 1.11 bits per heavy atom. The molecule has 0 unspecified atom stereocenters. The molecule has 4 rings (SSSR count). The number of methoxy groups -OCH3 is 1. The normalized spacial score (nSPS) is 15.9. The summed E-state index contributed by atoms with van der Waals surface area (Å²) < 4.78 is 21.9. The maximum absolute atomic E-state index is 12.8. The number of carbonyl (C=O) groups excluding carboxylic acids is 3. The second-order valence-corrected chi connectivity index (χ2v) is 8.67. The summed E-state index contributed by atoms with van der Waals surface area (Å²) in [4.78, 5) is 39.0. The van der Waals surface area contributed by atoms with E-state index in [1.807, 2.05) is 13.0 Å². The van der Waals surface area contributed by atoms with Gasteiger partial charge in [-0.25, -0.2) is 0 Å². The van der Waals surface area contributed by atoms with E-state index in [1.165, 1.54) is 7.11 Å². The molecule has 1 fully saturated rings. The van der Waals surface area contributed by atoms with Crippen LogP contribution in [0.3, 0.4) is 0 Å². The molecule has 1 saturated heterocycles. The molecule has 0 saturated carbocycles. The standard InChI is InChI=1S/C25H26N2O7S/c1-3-32-18-6-4-16(12-20(18)31-2)14-22-24(29)27(25(30)35-22)9-8-26-23(28)15-17-5-7-19-21(13-17)34-11-10-33-19/h4-7,12-14H,3,8-11,15H2,1-2H3,(H,26,28)/b22-14+. The minimum absolute atomic E-state index is 0.0848. The topological polar surface area (TPSA) is 103 Å². The van der Waals surface area contributed by atoms with E-state index in [9.17, 15) is 14.4 Å². The van der Waals surface area contributed by atoms with Crippen molar-refractivity contribution in [2.45, 2.75) is 13.3 Å². The smallest absolute Gasteiger partial charge is 0.293 e. The van der Waals surface area contributed by atoms with Crippen LogP contribution in [0.5, 0.6) is 23.0 Å². The van der Waals surface area contributed by atoms with Crippen LogP contribution in [0.15, 0.2) is 41.3 Å². The number of nitrogens with zero attached hydrogens (tertiary/aromatic N) is 1. The third-order valence-electron chi connectivity index (χ3n) is 5.29. The summed E-state index contributed by atoms with van der Waals surface area (Å²) >= 11 is 0.867. The molecule has 10 heteroatoms. The average Bonchev–Trinajstić information content (AvgIpc) is 3.12. The summed E-state index contributed by atoms with van der Waals surface area (Å²) in [5, 5.41) is 2.39. The zero-order valence-electron chi connectivity index (χ0n) is 19.5. The van der Waals surface area contributed by atoms with Crippen molar-refractivity contribution < 1.29 is 33.3 Å². The zero-order valence-corrected chi connectivity index (χ0v) is 20.3. The van der Waals surface area contributed by atoms with E-state index < -0.39 is 5.91 Å². The lowest BCUT2D eigenvalue weighted by atomic mass is 10.1. The summed E-state index contributed by atoms with van der Waals surface area (Å²) in [5.41, 5.74) is 1.50. The lowest BCUT2D eigenvalue weighted by Crippen LogP contribution is -2.37. The Hall–Kier alpha value is -3.66. The second-order valence-electron chi connectivity index (χ2n) is 7.68. The first kappa shape index (κ1) is 24.5. The number of carbonyl (C=O) groups is 3. The Kier molecular flexibility index (Phi) is 7.81. The van der Waals surface area contributed by atoms with Gasteiger partial charge in [0.05, 0.1) is 25.0 Å². The summed E-state index contributed by atoms with van der Waals surface area (Å²) in [6, 6.07) is 10.7. The van der Waals surface area contributed by atoms with Gasteiger partial charge >= 0.3 is 0 Å². The molecule has 3 amide bonds. The van der Waals surface area contributed by atoms with Gasteiger partial charge in [0.1, 0.15) is 13.2 Å². The molecule has 0 radical (unpaired) electrons. The van der Waals surface area contributed by atoms with Gasteiger partial charge in [-0.2, -0.15) is 0 Å². The minimum atomic E-state index is -0.395. The van der Waals surface area contributed by atoms with Crippen molar-refractivity contribution in [2.24, 2.45) is 0 Å². The molecule has 1 N–H and O–H groups in total. The second kappa shape index (κ2) is 11.2. The highest BCUT2D eigenvalue weighted by molar-refractivity contribution is 8.18. The van der Waals surface area contributed by atoms with E-state index in [1.54, 1.807) is 36.4 Å². The fourth-order valence-electron chi connectivity index (χ4n) is 3.65. The fraction of sp³-hybridized carbons (Fsp3) is 0.320. The molecule has 0 aliphatic carbocycles. The molecule has 0 bridgehead atoms. The van der Waals surface area contributed by atoms with Crippen LogP contribution in [0, 0.1) is 0 Å². The van der Waals surface area contributed by atoms with Gasteiger partial charge in [0, 0.05) is 13.1 Å². The quantitative estimate of drug-likeness (QED) is 0.526. The van der Waals surface area contributed by atoms with Crippen molar-refractivity contribution in [3.05, 3.63) is 52.4 Å². The summed E-state index contributed by atoms with van der Waals surface area (Å²) in [6.07, 6.45) is 1.79. The maximum Gasteiger partial charge on any atom is 0.293 e. The molecule has 0 spiro atoms. The van der Waals surface area contributed by atoms with Crippen LogP contribution in [-0.4, -0.2) is 62.0 Å². The molecule has 2 aliphatic heterocycles. The predicted molar refractivity (Wildman–Crippen MR) is 131 cm³/mol. The summed E-state index contributed by atoms with van der Waals surface area (Å²) in [6.45, 7) is 3.60. The van der Waals surface area contributed by atoms with Crippen LogP contribution in [0.1, 0.15) is 18.1 Å². The highest BCUT2D eigenvalue weighted by Gasteiger charge is 2.34. The van der Waals surface area contributed by atoms with Gasteiger partial charge in [0.15, 0.2) is 23.0 Å². The number of ether oxygens (including phenoxy) is 4. The Balaban J connectivity index is 1.31. The average molecular weight is 499 g/mol. The van der Waals surface area contributed by atoms with Gasteiger partial charge in [-0.05, 0) is 60.2 Å². The van der Waals surface area contributed by atoms with Crippen molar-refractivity contribution in [2.75, 3.05) is 40.0 Å². The number of nitrogens with one attached hydrogen (secondary N) is 1. The highest BCUT2D eigenvalue weighted by Crippen LogP contribution is 2.34. The van der Waals surface area contributed by atoms with Gasteiger partial charge in [0.25, 0.3) is 11.1 Å². The van der Waals surface area contributed by atoms with Gasteiger partial charge in [-0.15, -0.1) is 0 Å². The molecule has 0 aromatic heterocycles. The van der Waals surface area contributed by atoms with Crippen LogP contribution >= 0.6 is 11.8 Å². The number of benzene rings is 2. The third-order valence-corrected chi connectivity index (χ3v) is 6.20. The zero-order chi connectivity index (χ0) is 24.8. The molecular formula is C25H26N2O7S. The van der Waals surface area contributed by atoms with Gasteiger partial charge < -0.3 is 24.3 Å². The largest absolute Gasteiger partial charge is 0.493 e. The molecule has 2 aliphatic rings. The summed E-state index contributed by atoms with van der Waals surface area (Å²) in [5.74, 6) is 1.82. The molecule has 35 heavy (non-hydrogen) atoms. The lowest BCUT2D eigenvalue weighted by molar-refractivity contribution is -0.124. The number of hydrogen-bond donors (Lipinski definition) is 1. The van der Waals surface area contributed by atoms with Crippen LogP contribution in [-0.2, 0) is 16.0 Å². The van der Waals surface area contributed by atoms with Gasteiger partial charge in [0.2, 0.25) is 5.91 Å². The minimum Gasteiger partial charge on any atom is -0.493 e. The first-order valence-electron chi connectivity index (χ1n) is 11.2. The summed E-state index contributed by atoms with van der Waals surface area (Å²) in [7, 11) is 1.54. The molecule has 2 aromatic rings. The monoisotopic (exact) mass is 498 g/mol. The fourth-order valence-corrected chi connectivity index (χ4v) is 4.51. The SMILES string of the molecule is CCOc1ccc(/C=C2/SC(=O)N(CCNC(=O)Cc3ccc4c(c3)OCCO4)C2=O)cc1OC. The third kappa shape index (κ3) is 5.89. The number of hydrogen-bond acceptors (Lipinski definition) is 8. The van der Waals surface area contributed by atoms with Crippen molar-refractivity contribution in [1.29, 1.82) is 0 Å². The Labute approximate surface area is 207 Å². The molecule has 184 valence electrons. The van der Waals surface area contributed by atoms with Crippen LogP contribution < -0.4 is 24.3 Å². The molecular weight excluding hydrogens is 472 g/mol. The first-order valence-corrected chi connectivity index (χ1v) is 12.0. The number of thioether (sulfide) groups is 1. The van der Waals surface area contributed by atoms with E-state index in [0.717, 1.165) is 22.2 Å². The molecule has 0 atom stereocenters.